The molecule has 0 radical (unpaired) electrons. The Morgan fingerprint density at radius 1 is 0.969 bits per heavy atom. The molecular formula is C24H15N3O4S. The minimum Gasteiger partial charge on any atom is -0.457 e. The quantitative estimate of drug-likeness (QED) is 0.251. The zero-order valence-electron chi connectivity index (χ0n) is 16.5. The van der Waals surface area contributed by atoms with Gasteiger partial charge in [-0.1, -0.05) is 18.2 Å². The van der Waals surface area contributed by atoms with Gasteiger partial charge in [0.05, 0.1) is 16.2 Å². The number of rotatable bonds is 5. The number of non-ortho nitro benzene ring substituents is 1. The molecule has 1 N–H and O–H groups in total. The zero-order chi connectivity index (χ0) is 22.1. The second kappa shape index (κ2) is 8.09. The van der Waals surface area contributed by atoms with Gasteiger partial charge in [0.1, 0.15) is 22.1 Å². The fraction of sp³-hybridized carbons (Fsp3) is 0. The molecule has 0 spiro atoms. The molecule has 32 heavy (non-hydrogen) atoms. The van der Waals surface area contributed by atoms with E-state index in [-0.39, 0.29) is 11.2 Å². The molecule has 0 saturated heterocycles. The monoisotopic (exact) mass is 441 g/mol. The summed E-state index contributed by atoms with van der Waals surface area (Å²) < 4.78 is 11.4. The lowest BCUT2D eigenvalue weighted by Crippen LogP contribution is -2.03. The van der Waals surface area contributed by atoms with Crippen molar-refractivity contribution in [2.45, 2.75) is 0 Å². The van der Waals surface area contributed by atoms with Gasteiger partial charge in [-0.2, -0.15) is 0 Å². The molecule has 0 fully saturated rings. The largest absolute Gasteiger partial charge is 0.457 e. The third-order valence-corrected chi connectivity index (χ3v) is 5.70. The minimum absolute atomic E-state index is 0.0333. The molecule has 3 aromatic carbocycles. The van der Waals surface area contributed by atoms with Crippen LogP contribution in [0, 0.1) is 15.5 Å². The van der Waals surface area contributed by atoms with Gasteiger partial charge in [-0.25, -0.2) is 4.98 Å². The number of hydrogen-bond acceptors (Lipinski definition) is 7. The molecule has 0 unspecified atom stereocenters. The molecule has 0 aliphatic rings. The van der Waals surface area contributed by atoms with Gasteiger partial charge in [0.25, 0.3) is 5.69 Å². The van der Waals surface area contributed by atoms with Crippen LogP contribution in [0.3, 0.4) is 0 Å². The first kappa shape index (κ1) is 19.7. The summed E-state index contributed by atoms with van der Waals surface area (Å²) in [5.41, 5.74) is 2.49. The lowest BCUT2D eigenvalue weighted by Gasteiger charge is -2.05. The highest BCUT2D eigenvalue weighted by atomic mass is 32.1. The van der Waals surface area contributed by atoms with Crippen LogP contribution in [-0.2, 0) is 0 Å². The molecule has 2 heterocycles. The van der Waals surface area contributed by atoms with E-state index in [1.165, 1.54) is 29.5 Å². The molecular weight excluding hydrogens is 426 g/mol. The van der Waals surface area contributed by atoms with Crippen LogP contribution in [-0.4, -0.2) is 9.91 Å². The number of nitro benzene ring substituents is 1. The highest BCUT2D eigenvalue weighted by Gasteiger charge is 2.14. The first-order valence-corrected chi connectivity index (χ1v) is 10.5. The van der Waals surface area contributed by atoms with E-state index in [1.807, 2.05) is 60.0 Å². The van der Waals surface area contributed by atoms with Gasteiger partial charge in [-0.3, -0.25) is 15.5 Å². The summed E-state index contributed by atoms with van der Waals surface area (Å²) >= 11 is 1.38. The van der Waals surface area contributed by atoms with Gasteiger partial charge < -0.3 is 9.15 Å². The predicted molar refractivity (Wildman–Crippen MR) is 122 cm³/mol. The Bertz CT molecular complexity index is 1490. The van der Waals surface area contributed by atoms with E-state index in [1.54, 1.807) is 6.07 Å². The maximum atomic E-state index is 11.1. The molecule has 7 nitrogen and oxygen atoms in total. The fourth-order valence-electron chi connectivity index (χ4n) is 3.25. The van der Waals surface area contributed by atoms with Gasteiger partial charge in [-0.05, 0) is 48.5 Å². The lowest BCUT2D eigenvalue weighted by atomic mass is 10.1. The summed E-state index contributed by atoms with van der Waals surface area (Å²) in [4.78, 5) is 15.3. The van der Waals surface area contributed by atoms with Gasteiger partial charge in [-0.15, -0.1) is 11.3 Å². The van der Waals surface area contributed by atoms with Crippen LogP contribution >= 0.6 is 11.3 Å². The second-order valence-corrected chi connectivity index (χ2v) is 7.80. The highest BCUT2D eigenvalue weighted by Crippen LogP contribution is 2.31. The van der Waals surface area contributed by atoms with E-state index in [4.69, 9.17) is 14.6 Å². The molecule has 8 heteroatoms. The first-order valence-electron chi connectivity index (χ1n) is 9.63. The van der Waals surface area contributed by atoms with Crippen molar-refractivity contribution in [2.75, 3.05) is 0 Å². The Kier molecular flexibility index (Phi) is 4.97. The Morgan fingerprint density at radius 2 is 1.72 bits per heavy atom. The van der Waals surface area contributed by atoms with E-state index in [2.05, 4.69) is 4.98 Å². The van der Waals surface area contributed by atoms with Crippen LogP contribution < -0.4 is 10.3 Å². The van der Waals surface area contributed by atoms with Crippen molar-refractivity contribution in [2.24, 2.45) is 0 Å². The zero-order valence-corrected chi connectivity index (χ0v) is 17.3. The van der Waals surface area contributed by atoms with E-state index in [0.717, 1.165) is 22.8 Å². The van der Waals surface area contributed by atoms with Gasteiger partial charge in [0, 0.05) is 28.5 Å². The number of ether oxygens (including phenoxy) is 1. The number of aromatic nitrogens is 1. The third-order valence-electron chi connectivity index (χ3n) is 4.82. The number of nitrogens with zero attached hydrogens (tertiary/aromatic N) is 2. The molecule has 5 rings (SSSR count). The van der Waals surface area contributed by atoms with Crippen molar-refractivity contribution >= 4 is 28.0 Å². The second-order valence-electron chi connectivity index (χ2n) is 6.95. The first-order chi connectivity index (χ1) is 15.6. The molecule has 0 saturated carbocycles. The highest BCUT2D eigenvalue weighted by molar-refractivity contribution is 7.13. The molecule has 0 aliphatic heterocycles. The van der Waals surface area contributed by atoms with Crippen LogP contribution in [0.5, 0.6) is 11.5 Å². The molecule has 5 aromatic rings. The summed E-state index contributed by atoms with van der Waals surface area (Å²) in [5, 5.41) is 22.3. The maximum Gasteiger partial charge on any atom is 0.270 e. The maximum absolute atomic E-state index is 11.1. The van der Waals surface area contributed by atoms with E-state index in [0.29, 0.717) is 21.5 Å². The summed E-state index contributed by atoms with van der Waals surface area (Å²) in [6.45, 7) is 0. The number of nitro groups is 1. The van der Waals surface area contributed by atoms with Crippen LogP contribution in [0.15, 0.2) is 88.7 Å². The van der Waals surface area contributed by atoms with E-state index >= 15 is 0 Å². The van der Waals surface area contributed by atoms with Gasteiger partial charge in [0.2, 0.25) is 5.55 Å². The summed E-state index contributed by atoms with van der Waals surface area (Å²) in [6, 6.07) is 23.1. The molecule has 0 aliphatic carbocycles. The Balaban J connectivity index is 1.44. The summed E-state index contributed by atoms with van der Waals surface area (Å²) in [7, 11) is 0. The molecule has 156 valence electrons. The normalized spacial score (nSPS) is 10.9. The Labute approximate surface area is 185 Å². The SMILES string of the molecule is N=c1oc2ccc([N+](=O)[O-])cc2cc1-c1nc(-c2ccc(Oc3ccccc3)cc2)cs1. The van der Waals surface area contributed by atoms with E-state index in [9.17, 15) is 10.1 Å². The number of benzene rings is 3. The van der Waals surface area contributed by atoms with Gasteiger partial charge in [0.15, 0.2) is 0 Å². The molecule has 0 atom stereocenters. The van der Waals surface area contributed by atoms with Crippen LogP contribution in [0.25, 0.3) is 32.8 Å². The number of fused-ring (bicyclic) bond motifs is 1. The smallest absolute Gasteiger partial charge is 0.270 e. The van der Waals surface area contributed by atoms with Crippen molar-refractivity contribution in [3.05, 3.63) is 99.9 Å². The van der Waals surface area contributed by atoms with Crippen molar-refractivity contribution in [1.82, 2.24) is 4.98 Å². The Morgan fingerprint density at radius 3 is 2.47 bits per heavy atom. The Hall–Kier alpha value is -4.30. The fourth-order valence-corrected chi connectivity index (χ4v) is 4.09. The predicted octanol–water partition coefficient (Wildman–Crippen LogP) is 6.40. The van der Waals surface area contributed by atoms with Crippen LogP contribution in [0.4, 0.5) is 5.69 Å². The number of hydrogen-bond donors (Lipinski definition) is 1. The van der Waals surface area contributed by atoms with E-state index < -0.39 is 4.92 Å². The minimum atomic E-state index is -0.458. The number of nitrogens with one attached hydrogen (secondary N) is 1. The topological polar surface area (TPSA) is 102 Å². The molecule has 0 amide bonds. The van der Waals surface area contributed by atoms with Crippen molar-refractivity contribution < 1.29 is 14.1 Å². The third kappa shape index (κ3) is 3.86. The standard InChI is InChI=1S/C24H15N3O4S/c25-23-20(13-16-12-17(27(28)29)8-11-22(16)31-23)24-26-21(14-32-24)15-6-9-19(10-7-15)30-18-4-2-1-3-5-18/h1-14,25H. The average molecular weight is 441 g/mol. The summed E-state index contributed by atoms with van der Waals surface area (Å²) in [6.07, 6.45) is 0. The van der Waals surface area contributed by atoms with Crippen molar-refractivity contribution in [3.63, 3.8) is 0 Å². The molecule has 2 aromatic heterocycles. The lowest BCUT2D eigenvalue weighted by molar-refractivity contribution is -0.384. The average Bonchev–Trinajstić information content (AvgIpc) is 3.29. The van der Waals surface area contributed by atoms with Crippen molar-refractivity contribution in [3.8, 4) is 33.3 Å². The van der Waals surface area contributed by atoms with Gasteiger partial charge >= 0.3 is 0 Å². The summed E-state index contributed by atoms with van der Waals surface area (Å²) in [5.74, 6) is 1.48. The van der Waals surface area contributed by atoms with Crippen molar-refractivity contribution in [1.29, 1.82) is 5.41 Å². The van der Waals surface area contributed by atoms with Crippen LogP contribution in [0.2, 0.25) is 0 Å². The molecule has 0 bridgehead atoms. The number of thiazole rings is 1. The number of para-hydroxylation sites is 1. The van der Waals surface area contributed by atoms with Crippen LogP contribution in [0.1, 0.15) is 0 Å².